The molecule has 0 aromatic carbocycles. The van der Waals surface area contributed by atoms with Crippen LogP contribution < -0.4 is 0 Å². The second kappa shape index (κ2) is 17.1. The van der Waals surface area contributed by atoms with Crippen LogP contribution in [0.5, 0.6) is 0 Å². The van der Waals surface area contributed by atoms with E-state index in [1.54, 1.807) is 0 Å². The van der Waals surface area contributed by atoms with Crippen LogP contribution >= 0.6 is 33.3 Å². The third kappa shape index (κ3) is 220. The molecule has 0 amide bonds. The third-order valence-electron chi connectivity index (χ3n) is 0. The van der Waals surface area contributed by atoms with E-state index in [2.05, 4.69) is 0 Å². The van der Waals surface area contributed by atoms with E-state index in [4.69, 9.17) is 33.3 Å². The van der Waals surface area contributed by atoms with Crippen molar-refractivity contribution in [2.24, 2.45) is 0 Å². The van der Waals surface area contributed by atoms with Crippen LogP contribution in [0.3, 0.4) is 0 Å². The molecule has 0 rings (SSSR count). The van der Waals surface area contributed by atoms with E-state index in [-0.39, 0.29) is 27.4 Å². The molecule has 0 unspecified atom stereocenters. The minimum absolute atomic E-state index is 0. The molecule has 0 saturated heterocycles. The first-order valence-electron chi connectivity index (χ1n) is 0.756. The Morgan fingerprint density at radius 3 is 0.500 bits per heavy atom. The molecule has 0 saturated carbocycles. The van der Waals surface area contributed by atoms with Crippen molar-refractivity contribution in [3.63, 3.8) is 0 Å². The summed E-state index contributed by atoms with van der Waals surface area (Å²) in [6.45, 7) is 0. The van der Waals surface area contributed by atoms with Crippen molar-refractivity contribution in [1.29, 1.82) is 0 Å². The fourth-order valence-corrected chi connectivity index (χ4v) is 0. The molecule has 0 fully saturated rings. The molecule has 0 aliphatic rings. The summed E-state index contributed by atoms with van der Waals surface area (Å²) < 4.78 is 0. The molecule has 0 aliphatic carbocycles. The summed E-state index contributed by atoms with van der Waals surface area (Å²) in [4.78, 5) is 0. The molecule has 0 radical (unpaired) electrons. The summed E-state index contributed by atoms with van der Waals surface area (Å²) in [5.74, 6) is 0. The van der Waals surface area contributed by atoms with Crippen molar-refractivity contribution in [3.05, 3.63) is 0 Å². The van der Waals surface area contributed by atoms with Crippen molar-refractivity contribution in [1.82, 2.24) is 0 Å². The van der Waals surface area contributed by atoms with Crippen molar-refractivity contribution >= 4 is 49.5 Å². The van der Waals surface area contributed by atoms with E-state index in [9.17, 15) is 0 Å². The Hall–Kier alpha value is 1.88. The van der Waals surface area contributed by atoms with Gasteiger partial charge >= 0.3 is 49.5 Å². The maximum atomic E-state index is 5.05. The normalized spacial score (nSPS) is 6.00. The topological polar surface area (TPSA) is 158 Å². The standard InChI is InChI=1S/4ClH.5H2O.Pb/h4*1H;5*1H2;/q;;;;;;;;;+4/p-4. The molecule has 5 nitrogen and oxygen atoms in total. The van der Waals surface area contributed by atoms with Crippen LogP contribution in [-0.2, 0) is 0 Å². The molecule has 10 heteroatoms. The van der Waals surface area contributed by atoms with Gasteiger partial charge in [-0.1, -0.05) is 0 Å². The Kier molecular flexibility index (Phi) is 69.6. The van der Waals surface area contributed by atoms with Crippen LogP contribution in [0.1, 0.15) is 0 Å². The maximum absolute atomic E-state index is 5.05. The number of halogens is 4. The van der Waals surface area contributed by atoms with Gasteiger partial charge in [0.15, 0.2) is 0 Å². The van der Waals surface area contributed by atoms with Gasteiger partial charge in [-0.3, -0.25) is 0 Å². The molecule has 0 atom stereocenters. The zero-order chi connectivity index (χ0) is 4.50. The fraction of sp³-hybridized carbons (Fsp3) is 0. The summed E-state index contributed by atoms with van der Waals surface area (Å²) in [6, 6.07) is 0. The molecule has 0 aromatic heterocycles. The predicted octanol–water partition coefficient (Wildman–Crippen LogP) is -1.75. The summed E-state index contributed by atoms with van der Waals surface area (Å²) in [7, 11) is 20.2. The molecule has 10 N–H and O–H groups in total. The zero-order valence-electron chi connectivity index (χ0n) is 4.51. The second-order valence-corrected chi connectivity index (χ2v) is 33.8. The quantitative estimate of drug-likeness (QED) is 0.393. The van der Waals surface area contributed by atoms with Gasteiger partial charge in [0.1, 0.15) is 0 Å². The molecular formula is H10Cl4O5Pb. The van der Waals surface area contributed by atoms with Gasteiger partial charge in [0.2, 0.25) is 0 Å². The van der Waals surface area contributed by atoms with Gasteiger partial charge in [0, 0.05) is 0 Å². The van der Waals surface area contributed by atoms with Gasteiger partial charge in [-0.2, -0.15) is 0 Å². The summed E-state index contributed by atoms with van der Waals surface area (Å²) in [6.07, 6.45) is 0. The summed E-state index contributed by atoms with van der Waals surface area (Å²) in [5, 5.41) is 0. The van der Waals surface area contributed by atoms with Crippen molar-refractivity contribution in [2.75, 3.05) is 0 Å². The van der Waals surface area contributed by atoms with Gasteiger partial charge in [0.25, 0.3) is 0 Å². The van der Waals surface area contributed by atoms with Crippen LogP contribution in [0.15, 0.2) is 0 Å². The van der Waals surface area contributed by atoms with E-state index in [0.717, 1.165) is 0 Å². The van der Waals surface area contributed by atoms with Gasteiger partial charge < -0.3 is 27.4 Å². The van der Waals surface area contributed by atoms with Crippen LogP contribution in [0.25, 0.3) is 0 Å². The molecule has 0 bridgehead atoms. The first-order valence-corrected chi connectivity index (χ1v) is 19.9. The Labute approximate surface area is 76.3 Å². The Balaban J connectivity index is -0.00000000800. The van der Waals surface area contributed by atoms with E-state index in [0.29, 0.717) is 0 Å². The van der Waals surface area contributed by atoms with Crippen LogP contribution in [0.2, 0.25) is 0 Å². The van der Waals surface area contributed by atoms with Crippen LogP contribution in [0.4, 0.5) is 0 Å². The predicted molar refractivity (Wildman–Crippen MR) is 47.2 cm³/mol. The Bertz CT molecular complexity index is 29.1. The van der Waals surface area contributed by atoms with Gasteiger partial charge in [0.05, 0.1) is 0 Å². The molecule has 0 spiro atoms. The SMILES string of the molecule is O.O.O.O.O.[Cl][Pb]([Cl])([Cl])[Cl]. The first kappa shape index (κ1) is 40.7. The van der Waals surface area contributed by atoms with Gasteiger partial charge in [-0.15, -0.1) is 0 Å². The molecule has 0 aromatic rings. The fourth-order valence-electron chi connectivity index (χ4n) is 0. The molecule has 0 heterocycles. The number of hydrogen-bond acceptors (Lipinski definition) is 0. The van der Waals surface area contributed by atoms with Crippen LogP contribution in [-0.4, -0.2) is 43.7 Å². The van der Waals surface area contributed by atoms with E-state index >= 15 is 0 Å². The summed E-state index contributed by atoms with van der Waals surface area (Å²) >= 11 is -3.39. The number of rotatable bonds is 0. The van der Waals surface area contributed by atoms with Crippen molar-refractivity contribution < 1.29 is 27.4 Å². The van der Waals surface area contributed by atoms with E-state index in [1.165, 1.54) is 0 Å². The average Bonchev–Trinajstić information content (AvgIpc) is 0.722. The average molecular weight is 439 g/mol. The Morgan fingerprint density at radius 2 is 0.500 bits per heavy atom. The van der Waals surface area contributed by atoms with Crippen molar-refractivity contribution in [3.8, 4) is 0 Å². The van der Waals surface area contributed by atoms with Gasteiger partial charge in [-0.05, 0) is 0 Å². The molecule has 10 heavy (non-hydrogen) atoms. The number of hydrogen-bond donors (Lipinski definition) is 0. The van der Waals surface area contributed by atoms with E-state index < -0.39 is 16.3 Å². The minimum atomic E-state index is -3.39. The van der Waals surface area contributed by atoms with Gasteiger partial charge in [-0.25, -0.2) is 0 Å². The zero-order valence-corrected chi connectivity index (χ0v) is 11.4. The second-order valence-electron chi connectivity index (χ2n) is 0.429. The van der Waals surface area contributed by atoms with Crippen molar-refractivity contribution in [2.45, 2.75) is 0 Å². The monoisotopic (exact) mass is 438 g/mol. The summed E-state index contributed by atoms with van der Waals surface area (Å²) in [5.41, 5.74) is 0. The molecule has 0 aliphatic heterocycles. The van der Waals surface area contributed by atoms with E-state index in [1.807, 2.05) is 0 Å². The molecular weight excluding hydrogens is 429 g/mol. The molecule has 72 valence electrons. The Morgan fingerprint density at radius 1 is 0.500 bits per heavy atom. The third-order valence-corrected chi connectivity index (χ3v) is 0. The first-order chi connectivity index (χ1) is 2.00. The van der Waals surface area contributed by atoms with Crippen LogP contribution in [0, 0.1) is 0 Å².